The molecule has 1 amide bonds. The lowest BCUT2D eigenvalue weighted by molar-refractivity contribution is -0.123. The third-order valence-corrected chi connectivity index (χ3v) is 5.43. The van der Waals surface area contributed by atoms with E-state index in [1.165, 1.54) is 4.88 Å². The highest BCUT2D eigenvalue weighted by Crippen LogP contribution is 2.25. The molecule has 1 aliphatic rings. The number of benzene rings is 1. The number of hydrogen-bond acceptors (Lipinski definition) is 5. The molecule has 0 radical (unpaired) electrons. The molecule has 134 valence electrons. The molecule has 0 aliphatic carbocycles. The van der Waals surface area contributed by atoms with Gasteiger partial charge in [0.1, 0.15) is 5.75 Å². The average Bonchev–Trinajstić information content (AvgIpc) is 3.17. The van der Waals surface area contributed by atoms with E-state index in [1.54, 1.807) is 11.3 Å². The molecule has 1 fully saturated rings. The predicted octanol–water partition coefficient (Wildman–Crippen LogP) is 2.23. The minimum Gasteiger partial charge on any atom is -0.484 e. The Kier molecular flexibility index (Phi) is 6.44. The van der Waals surface area contributed by atoms with Crippen molar-refractivity contribution in [2.24, 2.45) is 0 Å². The number of carbonyl (C=O) groups excluding carboxylic acids is 1. The van der Waals surface area contributed by atoms with Gasteiger partial charge in [-0.3, -0.25) is 9.69 Å². The number of nitrogens with one attached hydrogen (secondary N) is 1. The number of carbonyl (C=O) groups is 1. The van der Waals surface area contributed by atoms with Crippen LogP contribution in [0.25, 0.3) is 0 Å². The molecule has 5 nitrogen and oxygen atoms in total. The quantitative estimate of drug-likeness (QED) is 0.823. The Morgan fingerprint density at radius 2 is 1.92 bits per heavy atom. The van der Waals surface area contributed by atoms with E-state index in [1.807, 2.05) is 30.3 Å². The molecule has 0 saturated carbocycles. The van der Waals surface area contributed by atoms with Crippen LogP contribution >= 0.6 is 11.3 Å². The molecule has 3 rings (SSSR count). The zero-order valence-corrected chi connectivity index (χ0v) is 15.4. The third-order valence-electron chi connectivity index (χ3n) is 4.46. The summed E-state index contributed by atoms with van der Waals surface area (Å²) < 4.78 is 5.52. The van der Waals surface area contributed by atoms with Gasteiger partial charge in [-0.15, -0.1) is 11.3 Å². The summed E-state index contributed by atoms with van der Waals surface area (Å²) in [5.41, 5.74) is 0. The maximum atomic E-state index is 12.2. The second-order valence-corrected chi connectivity index (χ2v) is 7.26. The second kappa shape index (κ2) is 8.99. The number of amides is 1. The maximum absolute atomic E-state index is 12.2. The first-order valence-electron chi connectivity index (χ1n) is 8.63. The average molecular weight is 359 g/mol. The van der Waals surface area contributed by atoms with Gasteiger partial charge in [0.05, 0.1) is 6.04 Å². The van der Waals surface area contributed by atoms with Crippen LogP contribution in [0.5, 0.6) is 5.75 Å². The van der Waals surface area contributed by atoms with Crippen molar-refractivity contribution < 1.29 is 9.53 Å². The van der Waals surface area contributed by atoms with Gasteiger partial charge in [0.25, 0.3) is 5.91 Å². The fourth-order valence-corrected chi connectivity index (χ4v) is 3.81. The predicted molar refractivity (Wildman–Crippen MR) is 101 cm³/mol. The van der Waals surface area contributed by atoms with Crippen molar-refractivity contribution in [3.63, 3.8) is 0 Å². The van der Waals surface area contributed by atoms with Crippen molar-refractivity contribution in [1.82, 2.24) is 15.1 Å². The number of para-hydroxylation sites is 1. The van der Waals surface area contributed by atoms with Gasteiger partial charge in [-0.2, -0.15) is 0 Å². The summed E-state index contributed by atoms with van der Waals surface area (Å²) in [6.07, 6.45) is 0. The van der Waals surface area contributed by atoms with Gasteiger partial charge in [-0.1, -0.05) is 24.3 Å². The van der Waals surface area contributed by atoms with Crippen LogP contribution in [0.2, 0.25) is 0 Å². The smallest absolute Gasteiger partial charge is 0.258 e. The van der Waals surface area contributed by atoms with Gasteiger partial charge >= 0.3 is 0 Å². The summed E-state index contributed by atoms with van der Waals surface area (Å²) in [7, 11) is 2.15. The molecule has 1 aromatic heterocycles. The molecule has 2 aromatic rings. The molecule has 1 aliphatic heterocycles. The minimum atomic E-state index is -0.0838. The molecule has 1 saturated heterocycles. The van der Waals surface area contributed by atoms with Crippen molar-refractivity contribution in [2.45, 2.75) is 6.04 Å². The topological polar surface area (TPSA) is 44.8 Å². The summed E-state index contributed by atoms with van der Waals surface area (Å²) in [6, 6.07) is 13.9. The maximum Gasteiger partial charge on any atom is 0.258 e. The van der Waals surface area contributed by atoms with Gasteiger partial charge in [0.15, 0.2) is 6.61 Å². The lowest BCUT2D eigenvalue weighted by Gasteiger charge is -2.37. The summed E-state index contributed by atoms with van der Waals surface area (Å²) in [5, 5.41) is 5.13. The van der Waals surface area contributed by atoms with E-state index in [9.17, 15) is 4.79 Å². The number of ether oxygens (including phenoxy) is 1. The number of hydrogen-bond donors (Lipinski definition) is 1. The Morgan fingerprint density at radius 1 is 1.16 bits per heavy atom. The monoisotopic (exact) mass is 359 g/mol. The highest BCUT2D eigenvalue weighted by molar-refractivity contribution is 7.10. The third kappa shape index (κ3) is 5.29. The number of nitrogens with zero attached hydrogens (tertiary/aromatic N) is 2. The zero-order valence-electron chi connectivity index (χ0n) is 14.6. The van der Waals surface area contributed by atoms with Crippen molar-refractivity contribution in [2.75, 3.05) is 46.4 Å². The van der Waals surface area contributed by atoms with Gasteiger partial charge < -0.3 is 15.0 Å². The molecule has 1 unspecified atom stereocenters. The Balaban J connectivity index is 1.52. The van der Waals surface area contributed by atoms with Crippen LogP contribution in [-0.2, 0) is 4.79 Å². The van der Waals surface area contributed by atoms with Crippen molar-refractivity contribution in [3.05, 3.63) is 52.7 Å². The Hall–Kier alpha value is -1.89. The molecule has 25 heavy (non-hydrogen) atoms. The van der Waals surface area contributed by atoms with Gasteiger partial charge in [-0.05, 0) is 30.6 Å². The lowest BCUT2D eigenvalue weighted by atomic mass is 10.1. The second-order valence-electron chi connectivity index (χ2n) is 6.28. The van der Waals surface area contributed by atoms with E-state index >= 15 is 0 Å². The molecule has 6 heteroatoms. The SMILES string of the molecule is CN1CCN(C(CNC(=O)COc2ccccc2)c2cccs2)CC1. The summed E-state index contributed by atoms with van der Waals surface area (Å²) in [6.45, 7) is 4.83. The van der Waals surface area contributed by atoms with Crippen molar-refractivity contribution in [3.8, 4) is 5.75 Å². The van der Waals surface area contributed by atoms with Crippen LogP contribution in [0, 0.1) is 0 Å². The number of piperazine rings is 1. The normalized spacial score (nSPS) is 17.2. The summed E-state index contributed by atoms with van der Waals surface area (Å²) in [5.74, 6) is 0.631. The van der Waals surface area contributed by atoms with E-state index in [0.29, 0.717) is 12.3 Å². The fourth-order valence-electron chi connectivity index (χ4n) is 2.95. The number of thiophene rings is 1. The van der Waals surface area contributed by atoms with Gasteiger partial charge in [-0.25, -0.2) is 0 Å². The molecule has 1 aromatic carbocycles. The van der Waals surface area contributed by atoms with Crippen LogP contribution in [0.3, 0.4) is 0 Å². The first kappa shape index (κ1) is 17.9. The fraction of sp³-hybridized carbons (Fsp3) is 0.421. The van der Waals surface area contributed by atoms with Crippen molar-refractivity contribution >= 4 is 17.2 Å². The number of likely N-dealkylation sites (N-methyl/N-ethyl adjacent to an activating group) is 1. The Morgan fingerprint density at radius 3 is 2.60 bits per heavy atom. The molecular formula is C19H25N3O2S. The molecule has 2 heterocycles. The van der Waals surface area contributed by atoms with Crippen LogP contribution in [0.1, 0.15) is 10.9 Å². The Labute approximate surface area is 153 Å². The number of rotatable bonds is 7. The molecule has 1 N–H and O–H groups in total. The molecule has 0 spiro atoms. The van der Waals surface area contributed by atoms with E-state index in [0.717, 1.165) is 26.2 Å². The molecule has 0 bridgehead atoms. The molecular weight excluding hydrogens is 334 g/mol. The highest BCUT2D eigenvalue weighted by Gasteiger charge is 2.25. The lowest BCUT2D eigenvalue weighted by Crippen LogP contribution is -2.48. The Bertz CT molecular complexity index is 640. The van der Waals surface area contributed by atoms with Crippen LogP contribution in [0.15, 0.2) is 47.8 Å². The van der Waals surface area contributed by atoms with Crippen LogP contribution in [0.4, 0.5) is 0 Å². The standard InChI is InChI=1S/C19H25N3O2S/c1-21-9-11-22(12-10-21)17(18-8-5-13-25-18)14-20-19(23)15-24-16-6-3-2-4-7-16/h2-8,13,17H,9-12,14-15H2,1H3,(H,20,23). The van der Waals surface area contributed by atoms with E-state index in [-0.39, 0.29) is 18.6 Å². The van der Waals surface area contributed by atoms with E-state index in [2.05, 4.69) is 39.7 Å². The highest BCUT2D eigenvalue weighted by atomic mass is 32.1. The van der Waals surface area contributed by atoms with Crippen LogP contribution < -0.4 is 10.1 Å². The first-order valence-corrected chi connectivity index (χ1v) is 9.51. The van der Waals surface area contributed by atoms with Gasteiger partial charge in [0, 0.05) is 37.6 Å². The van der Waals surface area contributed by atoms with E-state index in [4.69, 9.17) is 4.74 Å². The van der Waals surface area contributed by atoms with Gasteiger partial charge in [0.2, 0.25) is 0 Å². The summed E-state index contributed by atoms with van der Waals surface area (Å²) >= 11 is 1.75. The van der Waals surface area contributed by atoms with Crippen LogP contribution in [-0.4, -0.2) is 62.1 Å². The first-order chi connectivity index (χ1) is 12.2. The molecule has 1 atom stereocenters. The van der Waals surface area contributed by atoms with Crippen molar-refractivity contribution in [1.29, 1.82) is 0 Å². The minimum absolute atomic E-state index is 0.0455. The largest absolute Gasteiger partial charge is 0.484 e. The summed E-state index contributed by atoms with van der Waals surface area (Å²) in [4.78, 5) is 18.3. The van der Waals surface area contributed by atoms with E-state index < -0.39 is 0 Å². The zero-order chi connectivity index (χ0) is 17.5.